The molecule has 0 unspecified atom stereocenters. The number of aromatic nitrogens is 2. The van der Waals surface area contributed by atoms with Gasteiger partial charge >= 0.3 is 0 Å². The molecule has 0 spiro atoms. The van der Waals surface area contributed by atoms with Crippen LogP contribution in [0.15, 0.2) is 67.0 Å². The summed E-state index contributed by atoms with van der Waals surface area (Å²) >= 11 is 2.59. The van der Waals surface area contributed by atoms with Crippen LogP contribution < -0.4 is 4.90 Å². The zero-order chi connectivity index (χ0) is 20.9. The van der Waals surface area contributed by atoms with Crippen molar-refractivity contribution in [2.24, 2.45) is 0 Å². The molecular formula is C22H17F2N3OS2. The number of thiazole rings is 1. The Kier molecular flexibility index (Phi) is 6.35. The zero-order valence-electron chi connectivity index (χ0n) is 15.8. The lowest BCUT2D eigenvalue weighted by Crippen LogP contribution is -2.32. The van der Waals surface area contributed by atoms with E-state index in [4.69, 9.17) is 0 Å². The van der Waals surface area contributed by atoms with Crippen LogP contribution in [0.5, 0.6) is 0 Å². The lowest BCUT2D eigenvalue weighted by Gasteiger charge is -2.19. The number of hydrogen-bond acceptors (Lipinski definition) is 5. The highest BCUT2D eigenvalue weighted by Gasteiger charge is 2.22. The van der Waals surface area contributed by atoms with Gasteiger partial charge in [0.15, 0.2) is 10.9 Å². The molecule has 1 amide bonds. The number of amides is 1. The Hall–Kier alpha value is -2.84. The van der Waals surface area contributed by atoms with Gasteiger partial charge in [-0.05, 0) is 23.3 Å². The number of fused-ring (bicyclic) bond motifs is 1. The quantitative estimate of drug-likeness (QED) is 0.383. The van der Waals surface area contributed by atoms with E-state index in [0.717, 1.165) is 28.5 Å². The van der Waals surface area contributed by atoms with Gasteiger partial charge in [-0.2, -0.15) is 0 Å². The third-order valence-corrected chi connectivity index (χ3v) is 6.35. The van der Waals surface area contributed by atoms with E-state index in [-0.39, 0.29) is 23.7 Å². The summed E-state index contributed by atoms with van der Waals surface area (Å²) in [4.78, 5) is 22.9. The fourth-order valence-electron chi connectivity index (χ4n) is 2.91. The Labute approximate surface area is 180 Å². The second-order valence-corrected chi connectivity index (χ2v) is 8.55. The molecule has 0 saturated carbocycles. The van der Waals surface area contributed by atoms with Gasteiger partial charge in [0.25, 0.3) is 0 Å². The van der Waals surface area contributed by atoms with Crippen molar-refractivity contribution in [1.29, 1.82) is 0 Å². The Morgan fingerprint density at radius 1 is 1.07 bits per heavy atom. The smallest absolute Gasteiger partial charge is 0.239 e. The fraction of sp³-hybridized carbons (Fsp3) is 0.136. The number of rotatable bonds is 7. The second-order valence-electron chi connectivity index (χ2n) is 6.55. The molecule has 2 heterocycles. The molecule has 4 aromatic rings. The van der Waals surface area contributed by atoms with Crippen molar-refractivity contribution in [3.8, 4) is 0 Å². The Balaban J connectivity index is 1.57. The van der Waals surface area contributed by atoms with Crippen LogP contribution in [-0.4, -0.2) is 21.6 Å². The molecule has 4 nitrogen and oxygen atoms in total. The first kappa shape index (κ1) is 20.4. The van der Waals surface area contributed by atoms with Crippen LogP contribution in [0.25, 0.3) is 10.2 Å². The standard InChI is InChI=1S/C22H17F2N3OS2/c23-17-9-18(24)21-19(10-17)30-22(26-21)27(12-16-7-4-8-25-11-16)20(28)14-29-13-15-5-2-1-3-6-15/h1-11H,12-14H2. The van der Waals surface area contributed by atoms with Crippen LogP contribution in [0.3, 0.4) is 0 Å². The summed E-state index contributed by atoms with van der Waals surface area (Å²) < 4.78 is 28.1. The SMILES string of the molecule is O=C(CSCc1ccccc1)N(Cc1cccnc1)c1nc2c(F)cc(F)cc2s1. The van der Waals surface area contributed by atoms with Crippen LogP contribution in [0.4, 0.5) is 13.9 Å². The summed E-state index contributed by atoms with van der Waals surface area (Å²) in [6.07, 6.45) is 3.33. The zero-order valence-corrected chi connectivity index (χ0v) is 17.4. The second kappa shape index (κ2) is 9.32. The summed E-state index contributed by atoms with van der Waals surface area (Å²) in [6, 6.07) is 15.6. The number of anilines is 1. The topological polar surface area (TPSA) is 46.1 Å². The number of carbonyl (C=O) groups is 1. The average Bonchev–Trinajstić information content (AvgIpc) is 3.17. The third-order valence-electron chi connectivity index (χ3n) is 4.33. The third kappa shape index (κ3) is 4.83. The van der Waals surface area contributed by atoms with Gasteiger partial charge in [0.05, 0.1) is 17.0 Å². The molecule has 0 aliphatic heterocycles. The number of halogens is 2. The van der Waals surface area contributed by atoms with Gasteiger partial charge < -0.3 is 0 Å². The monoisotopic (exact) mass is 441 g/mol. The number of nitrogens with zero attached hydrogens (tertiary/aromatic N) is 3. The summed E-state index contributed by atoms with van der Waals surface area (Å²) in [6.45, 7) is 0.252. The highest BCUT2D eigenvalue weighted by molar-refractivity contribution is 7.99. The van der Waals surface area contributed by atoms with E-state index in [2.05, 4.69) is 9.97 Å². The number of carbonyl (C=O) groups excluding carboxylic acids is 1. The first-order chi connectivity index (χ1) is 14.6. The molecule has 0 saturated heterocycles. The van der Waals surface area contributed by atoms with E-state index in [1.54, 1.807) is 18.5 Å². The molecule has 4 rings (SSSR count). The van der Waals surface area contributed by atoms with E-state index in [0.29, 0.717) is 15.6 Å². The van der Waals surface area contributed by atoms with Crippen molar-refractivity contribution >= 4 is 44.4 Å². The van der Waals surface area contributed by atoms with Gasteiger partial charge in [-0.15, -0.1) is 11.8 Å². The number of thioether (sulfide) groups is 1. The highest BCUT2D eigenvalue weighted by Crippen LogP contribution is 2.32. The Morgan fingerprint density at radius 2 is 1.87 bits per heavy atom. The van der Waals surface area contributed by atoms with Crippen LogP contribution in [0, 0.1) is 11.6 Å². The van der Waals surface area contributed by atoms with E-state index in [1.165, 1.54) is 22.7 Å². The van der Waals surface area contributed by atoms with Crippen molar-refractivity contribution in [3.63, 3.8) is 0 Å². The maximum Gasteiger partial charge on any atom is 0.239 e. The minimum atomic E-state index is -0.736. The number of benzene rings is 2. The molecule has 2 aromatic heterocycles. The molecule has 152 valence electrons. The normalized spacial score (nSPS) is 11.0. The lowest BCUT2D eigenvalue weighted by molar-refractivity contribution is -0.116. The Morgan fingerprint density at radius 3 is 2.63 bits per heavy atom. The van der Waals surface area contributed by atoms with E-state index < -0.39 is 11.6 Å². The highest BCUT2D eigenvalue weighted by atomic mass is 32.2. The van der Waals surface area contributed by atoms with Crippen molar-refractivity contribution < 1.29 is 13.6 Å². The van der Waals surface area contributed by atoms with Crippen molar-refractivity contribution in [1.82, 2.24) is 9.97 Å². The van der Waals surface area contributed by atoms with Gasteiger partial charge in [0.1, 0.15) is 11.3 Å². The van der Waals surface area contributed by atoms with Crippen molar-refractivity contribution in [2.45, 2.75) is 12.3 Å². The molecule has 0 aliphatic rings. The molecule has 0 aliphatic carbocycles. The molecule has 2 aromatic carbocycles. The first-order valence-electron chi connectivity index (χ1n) is 9.16. The predicted octanol–water partition coefficient (Wildman–Crippen LogP) is 5.44. The minimum Gasteiger partial charge on any atom is -0.283 e. The molecule has 0 fully saturated rings. The van der Waals surface area contributed by atoms with E-state index in [9.17, 15) is 13.6 Å². The van der Waals surface area contributed by atoms with Gasteiger partial charge in [-0.3, -0.25) is 14.7 Å². The first-order valence-corrected chi connectivity index (χ1v) is 11.1. The molecule has 8 heteroatoms. The summed E-state index contributed by atoms with van der Waals surface area (Å²) in [5.74, 6) is -0.618. The van der Waals surface area contributed by atoms with Gasteiger partial charge in [-0.1, -0.05) is 47.7 Å². The molecule has 0 atom stereocenters. The lowest BCUT2D eigenvalue weighted by atomic mass is 10.2. The van der Waals surface area contributed by atoms with Crippen LogP contribution >= 0.6 is 23.1 Å². The summed E-state index contributed by atoms with van der Waals surface area (Å²) in [7, 11) is 0. The maximum atomic E-state index is 14.1. The molecule has 0 N–H and O–H groups in total. The molecule has 30 heavy (non-hydrogen) atoms. The van der Waals surface area contributed by atoms with Gasteiger partial charge in [0.2, 0.25) is 5.91 Å². The number of hydrogen-bond donors (Lipinski definition) is 0. The van der Waals surface area contributed by atoms with E-state index in [1.807, 2.05) is 36.4 Å². The fourth-order valence-corrected chi connectivity index (χ4v) is 4.79. The largest absolute Gasteiger partial charge is 0.283 e. The summed E-state index contributed by atoms with van der Waals surface area (Å²) in [5, 5.41) is 0.337. The van der Waals surface area contributed by atoms with E-state index >= 15 is 0 Å². The van der Waals surface area contributed by atoms with Crippen LogP contribution in [-0.2, 0) is 17.1 Å². The molecular weight excluding hydrogens is 424 g/mol. The molecule has 0 bridgehead atoms. The Bertz CT molecular complexity index is 1150. The van der Waals surface area contributed by atoms with Gasteiger partial charge in [0, 0.05) is 24.2 Å². The summed E-state index contributed by atoms with van der Waals surface area (Å²) in [5.41, 5.74) is 2.02. The van der Waals surface area contributed by atoms with Crippen LogP contribution in [0.1, 0.15) is 11.1 Å². The average molecular weight is 442 g/mol. The minimum absolute atomic E-state index is 0.0670. The van der Waals surface area contributed by atoms with Crippen molar-refractivity contribution in [3.05, 3.63) is 89.8 Å². The van der Waals surface area contributed by atoms with Gasteiger partial charge in [-0.25, -0.2) is 13.8 Å². The number of pyridine rings is 1. The molecule has 0 radical (unpaired) electrons. The van der Waals surface area contributed by atoms with Crippen molar-refractivity contribution in [2.75, 3.05) is 10.7 Å². The maximum absolute atomic E-state index is 14.1. The van der Waals surface area contributed by atoms with Crippen LogP contribution in [0.2, 0.25) is 0 Å². The predicted molar refractivity (Wildman–Crippen MR) is 118 cm³/mol.